The van der Waals surface area contributed by atoms with E-state index in [1.807, 2.05) is 6.07 Å². The molecule has 0 spiro atoms. The summed E-state index contributed by atoms with van der Waals surface area (Å²) in [7, 11) is -3.00. The molecule has 1 aromatic rings. The predicted octanol–water partition coefficient (Wildman–Crippen LogP) is 2.06. The van der Waals surface area contributed by atoms with Gasteiger partial charge in [-0.1, -0.05) is 11.6 Å². The number of hydrogen-bond acceptors (Lipinski definition) is 5. The highest BCUT2D eigenvalue weighted by atomic mass is 35.5. The van der Waals surface area contributed by atoms with Gasteiger partial charge in [0, 0.05) is 4.88 Å². The summed E-state index contributed by atoms with van der Waals surface area (Å²) in [6.45, 7) is 0. The Morgan fingerprint density at radius 1 is 1.50 bits per heavy atom. The van der Waals surface area contributed by atoms with Gasteiger partial charge in [0.1, 0.15) is 6.10 Å². The summed E-state index contributed by atoms with van der Waals surface area (Å²) >= 11 is 7.21. The second-order valence-electron chi connectivity index (χ2n) is 4.22. The van der Waals surface area contributed by atoms with E-state index in [0.29, 0.717) is 17.2 Å². The van der Waals surface area contributed by atoms with E-state index in [0.717, 1.165) is 4.88 Å². The molecule has 0 unspecified atom stereocenters. The molecular formula is C11H13ClO4S2. The van der Waals surface area contributed by atoms with E-state index in [1.54, 1.807) is 6.07 Å². The average Bonchev–Trinajstić information content (AvgIpc) is 2.82. The molecule has 4 nitrogen and oxygen atoms in total. The van der Waals surface area contributed by atoms with E-state index in [4.69, 9.17) is 16.3 Å². The van der Waals surface area contributed by atoms with Gasteiger partial charge in [-0.2, -0.15) is 0 Å². The van der Waals surface area contributed by atoms with Crippen LogP contribution in [0.15, 0.2) is 12.1 Å². The zero-order valence-electron chi connectivity index (χ0n) is 9.60. The van der Waals surface area contributed by atoms with Gasteiger partial charge in [0.15, 0.2) is 9.84 Å². The fraction of sp³-hybridized carbons (Fsp3) is 0.545. The molecule has 1 aliphatic rings. The molecule has 0 saturated carbocycles. The molecule has 2 rings (SSSR count). The summed E-state index contributed by atoms with van der Waals surface area (Å²) in [4.78, 5) is 12.6. The van der Waals surface area contributed by atoms with Gasteiger partial charge in [0.25, 0.3) is 0 Å². The van der Waals surface area contributed by atoms with Crippen LogP contribution in [0.1, 0.15) is 17.7 Å². The summed E-state index contributed by atoms with van der Waals surface area (Å²) in [6, 6.07) is 3.66. The van der Waals surface area contributed by atoms with Crippen molar-refractivity contribution in [2.45, 2.75) is 25.4 Å². The monoisotopic (exact) mass is 308 g/mol. The van der Waals surface area contributed by atoms with Gasteiger partial charge in [0.05, 0.1) is 22.3 Å². The van der Waals surface area contributed by atoms with Crippen molar-refractivity contribution in [3.8, 4) is 0 Å². The van der Waals surface area contributed by atoms with E-state index in [9.17, 15) is 13.2 Å². The normalized spacial score (nSPS) is 21.9. The second-order valence-corrected chi connectivity index (χ2v) is 8.25. The fourth-order valence-electron chi connectivity index (χ4n) is 1.81. The lowest BCUT2D eigenvalue weighted by atomic mass is 10.2. The van der Waals surface area contributed by atoms with Crippen molar-refractivity contribution in [3.63, 3.8) is 0 Å². The molecule has 100 valence electrons. The van der Waals surface area contributed by atoms with Crippen LogP contribution in [0.3, 0.4) is 0 Å². The number of thiophene rings is 1. The lowest BCUT2D eigenvalue weighted by Gasteiger charge is -2.09. The Balaban J connectivity index is 1.76. The van der Waals surface area contributed by atoms with Crippen LogP contribution >= 0.6 is 22.9 Å². The SMILES string of the molecule is O=C(CCc1ccc(Cl)s1)O[C@H]1CCS(=O)(=O)C1. The number of carbonyl (C=O) groups excluding carboxylic acids is 1. The highest BCUT2D eigenvalue weighted by Crippen LogP contribution is 2.23. The van der Waals surface area contributed by atoms with Crippen LogP contribution in [0.4, 0.5) is 0 Å². The summed E-state index contributed by atoms with van der Waals surface area (Å²) in [6.07, 6.45) is 0.788. The molecule has 0 radical (unpaired) electrons. The predicted molar refractivity (Wildman–Crippen MR) is 70.8 cm³/mol. The zero-order valence-corrected chi connectivity index (χ0v) is 12.0. The fourth-order valence-corrected chi connectivity index (χ4v) is 4.49. The highest BCUT2D eigenvalue weighted by molar-refractivity contribution is 7.91. The first-order valence-electron chi connectivity index (χ1n) is 5.59. The van der Waals surface area contributed by atoms with Gasteiger partial charge in [-0.15, -0.1) is 11.3 Å². The largest absolute Gasteiger partial charge is 0.461 e. The molecular weight excluding hydrogens is 296 g/mol. The highest BCUT2D eigenvalue weighted by Gasteiger charge is 2.30. The molecule has 0 amide bonds. The van der Waals surface area contributed by atoms with E-state index in [1.165, 1.54) is 11.3 Å². The molecule has 2 heterocycles. The van der Waals surface area contributed by atoms with Gasteiger partial charge in [-0.25, -0.2) is 8.42 Å². The Kier molecular flexibility index (Phi) is 4.29. The Morgan fingerprint density at radius 2 is 2.28 bits per heavy atom. The number of aryl methyl sites for hydroxylation is 1. The van der Waals surface area contributed by atoms with Crippen LogP contribution in [-0.4, -0.2) is 32.0 Å². The molecule has 0 bridgehead atoms. The molecule has 18 heavy (non-hydrogen) atoms. The van der Waals surface area contributed by atoms with Crippen molar-refractivity contribution in [2.24, 2.45) is 0 Å². The van der Waals surface area contributed by atoms with E-state index in [-0.39, 0.29) is 23.9 Å². The van der Waals surface area contributed by atoms with Crippen LogP contribution in [-0.2, 0) is 25.8 Å². The third-order valence-corrected chi connectivity index (χ3v) is 5.72. The van der Waals surface area contributed by atoms with E-state index in [2.05, 4.69) is 0 Å². The molecule has 0 aliphatic carbocycles. The maximum atomic E-state index is 11.5. The number of carbonyl (C=O) groups is 1. The van der Waals surface area contributed by atoms with Crippen molar-refractivity contribution in [3.05, 3.63) is 21.3 Å². The minimum atomic E-state index is -3.00. The maximum Gasteiger partial charge on any atom is 0.306 e. The van der Waals surface area contributed by atoms with Crippen LogP contribution in [0.2, 0.25) is 4.34 Å². The lowest BCUT2D eigenvalue weighted by molar-refractivity contribution is -0.147. The van der Waals surface area contributed by atoms with Crippen molar-refractivity contribution in [1.29, 1.82) is 0 Å². The smallest absolute Gasteiger partial charge is 0.306 e. The third-order valence-electron chi connectivity index (χ3n) is 2.69. The quantitative estimate of drug-likeness (QED) is 0.799. The summed E-state index contributed by atoms with van der Waals surface area (Å²) in [5.41, 5.74) is 0. The van der Waals surface area contributed by atoms with E-state index >= 15 is 0 Å². The minimum Gasteiger partial charge on any atom is -0.461 e. The van der Waals surface area contributed by atoms with Crippen molar-refractivity contribution in [1.82, 2.24) is 0 Å². The lowest BCUT2D eigenvalue weighted by Crippen LogP contribution is -2.19. The Morgan fingerprint density at radius 3 is 2.83 bits per heavy atom. The zero-order chi connectivity index (χ0) is 13.2. The van der Waals surface area contributed by atoms with Crippen LogP contribution < -0.4 is 0 Å². The summed E-state index contributed by atoms with van der Waals surface area (Å²) in [5, 5.41) is 0. The van der Waals surface area contributed by atoms with Gasteiger partial charge < -0.3 is 4.74 Å². The molecule has 1 aromatic heterocycles. The standard InChI is InChI=1S/C11H13ClO4S2/c12-10-3-1-9(17-10)2-4-11(13)16-8-5-6-18(14,15)7-8/h1,3,8H,2,4-7H2/t8-/m0/s1. The Bertz CT molecular complexity index is 535. The van der Waals surface area contributed by atoms with Crippen LogP contribution in [0.5, 0.6) is 0 Å². The number of hydrogen-bond donors (Lipinski definition) is 0. The molecule has 1 fully saturated rings. The first kappa shape index (κ1) is 13.8. The first-order chi connectivity index (χ1) is 8.44. The molecule has 0 N–H and O–H groups in total. The second kappa shape index (κ2) is 5.59. The average molecular weight is 309 g/mol. The van der Waals surface area contributed by atoms with Crippen molar-refractivity contribution in [2.75, 3.05) is 11.5 Å². The van der Waals surface area contributed by atoms with E-state index < -0.39 is 15.9 Å². The van der Waals surface area contributed by atoms with Crippen molar-refractivity contribution >= 4 is 38.7 Å². The van der Waals surface area contributed by atoms with Gasteiger partial charge in [-0.3, -0.25) is 4.79 Å². The molecule has 1 atom stereocenters. The van der Waals surface area contributed by atoms with Crippen LogP contribution in [0, 0.1) is 0 Å². The van der Waals surface area contributed by atoms with Gasteiger partial charge >= 0.3 is 5.97 Å². The van der Waals surface area contributed by atoms with Gasteiger partial charge in [-0.05, 0) is 25.0 Å². The molecule has 1 aliphatic heterocycles. The number of rotatable bonds is 4. The minimum absolute atomic E-state index is 0.0381. The molecule has 1 saturated heterocycles. The van der Waals surface area contributed by atoms with Gasteiger partial charge in [0.2, 0.25) is 0 Å². The maximum absolute atomic E-state index is 11.5. The topological polar surface area (TPSA) is 60.4 Å². The summed E-state index contributed by atoms with van der Waals surface area (Å²) in [5.74, 6) is -0.267. The first-order valence-corrected chi connectivity index (χ1v) is 8.60. The summed E-state index contributed by atoms with van der Waals surface area (Å²) < 4.78 is 28.2. The Hall–Kier alpha value is -0.590. The van der Waals surface area contributed by atoms with Crippen LogP contribution in [0.25, 0.3) is 0 Å². The van der Waals surface area contributed by atoms with Crippen molar-refractivity contribution < 1.29 is 17.9 Å². The third kappa shape index (κ3) is 3.96. The number of halogens is 1. The molecule has 0 aromatic carbocycles. The number of esters is 1. The number of ether oxygens (including phenoxy) is 1. The number of sulfone groups is 1. The Labute approximate surface area is 115 Å². The molecule has 7 heteroatoms.